The van der Waals surface area contributed by atoms with Crippen molar-refractivity contribution in [1.29, 1.82) is 0 Å². The second-order valence-electron chi connectivity index (χ2n) is 4.20. The molecule has 1 aromatic heterocycles. The Kier molecular flexibility index (Phi) is 3.39. The summed E-state index contributed by atoms with van der Waals surface area (Å²) in [5, 5.41) is 10.1. The van der Waals surface area contributed by atoms with Crippen molar-refractivity contribution in [3.05, 3.63) is 64.5 Å². The first kappa shape index (κ1) is 12.6. The number of pyridine rings is 1. The molecular formula is C14H13F2NO. The van der Waals surface area contributed by atoms with Gasteiger partial charge >= 0.3 is 0 Å². The van der Waals surface area contributed by atoms with Crippen LogP contribution in [-0.2, 0) is 0 Å². The van der Waals surface area contributed by atoms with E-state index in [0.29, 0.717) is 16.8 Å². The zero-order valence-corrected chi connectivity index (χ0v) is 10.1. The maximum atomic E-state index is 13.1. The largest absolute Gasteiger partial charge is 0.384 e. The normalized spacial score (nSPS) is 12.5. The maximum Gasteiger partial charge on any atom is 0.159 e. The Labute approximate surface area is 104 Å². The fraction of sp³-hybridized carbons (Fsp3) is 0.214. The van der Waals surface area contributed by atoms with Crippen LogP contribution in [0, 0.1) is 25.5 Å². The van der Waals surface area contributed by atoms with E-state index >= 15 is 0 Å². The molecular weight excluding hydrogens is 236 g/mol. The summed E-state index contributed by atoms with van der Waals surface area (Å²) in [4.78, 5) is 4.23. The lowest BCUT2D eigenvalue weighted by atomic mass is 10.00. The van der Waals surface area contributed by atoms with Gasteiger partial charge in [-0.1, -0.05) is 12.1 Å². The van der Waals surface area contributed by atoms with Crippen LogP contribution in [0.5, 0.6) is 0 Å². The van der Waals surface area contributed by atoms with Gasteiger partial charge in [0, 0.05) is 17.0 Å². The molecule has 0 aliphatic heterocycles. The summed E-state index contributed by atoms with van der Waals surface area (Å²) in [7, 11) is 0. The third-order valence-corrected chi connectivity index (χ3v) is 2.82. The minimum absolute atomic E-state index is 0.308. The lowest BCUT2D eigenvalue weighted by Crippen LogP contribution is -2.05. The summed E-state index contributed by atoms with van der Waals surface area (Å²) < 4.78 is 25.9. The van der Waals surface area contributed by atoms with Crippen LogP contribution in [0.3, 0.4) is 0 Å². The highest BCUT2D eigenvalue weighted by Gasteiger charge is 2.15. The number of hydrogen-bond acceptors (Lipinski definition) is 2. The number of aryl methyl sites for hydroxylation is 2. The van der Waals surface area contributed by atoms with E-state index in [2.05, 4.69) is 4.98 Å². The fourth-order valence-corrected chi connectivity index (χ4v) is 1.85. The molecule has 4 heteroatoms. The Morgan fingerprint density at radius 1 is 1.06 bits per heavy atom. The molecule has 1 atom stereocenters. The number of halogens is 2. The minimum Gasteiger partial charge on any atom is -0.384 e. The molecule has 18 heavy (non-hydrogen) atoms. The van der Waals surface area contributed by atoms with E-state index in [4.69, 9.17) is 0 Å². The van der Waals surface area contributed by atoms with Crippen LogP contribution in [0.25, 0.3) is 0 Å². The molecule has 1 N–H and O–H groups in total. The molecule has 2 aromatic rings. The van der Waals surface area contributed by atoms with E-state index in [1.54, 1.807) is 19.1 Å². The number of aromatic nitrogens is 1. The molecule has 1 aromatic carbocycles. The van der Waals surface area contributed by atoms with E-state index < -0.39 is 17.7 Å². The topological polar surface area (TPSA) is 33.1 Å². The van der Waals surface area contributed by atoms with Crippen LogP contribution in [0.4, 0.5) is 8.78 Å². The van der Waals surface area contributed by atoms with Crippen LogP contribution in [-0.4, -0.2) is 10.1 Å². The van der Waals surface area contributed by atoms with Crippen molar-refractivity contribution >= 4 is 0 Å². The Hall–Kier alpha value is -1.81. The molecule has 0 aliphatic rings. The molecule has 0 fully saturated rings. The number of rotatable bonds is 2. The van der Waals surface area contributed by atoms with E-state index in [9.17, 15) is 13.9 Å². The third kappa shape index (κ3) is 2.38. The lowest BCUT2D eigenvalue weighted by molar-refractivity contribution is 0.218. The SMILES string of the molecule is Cc1ccc(C(O)c2ccc(F)c(F)c2)c(C)n1. The molecule has 94 valence electrons. The Morgan fingerprint density at radius 2 is 1.78 bits per heavy atom. The van der Waals surface area contributed by atoms with Crippen LogP contribution < -0.4 is 0 Å². The summed E-state index contributed by atoms with van der Waals surface area (Å²) in [6.45, 7) is 3.62. The van der Waals surface area contributed by atoms with Crippen molar-refractivity contribution in [2.24, 2.45) is 0 Å². The molecule has 0 bridgehead atoms. The van der Waals surface area contributed by atoms with Gasteiger partial charge in [0.1, 0.15) is 6.10 Å². The Morgan fingerprint density at radius 3 is 2.39 bits per heavy atom. The highest BCUT2D eigenvalue weighted by atomic mass is 19.2. The van der Waals surface area contributed by atoms with Crippen molar-refractivity contribution < 1.29 is 13.9 Å². The smallest absolute Gasteiger partial charge is 0.159 e. The molecule has 0 saturated carbocycles. The highest BCUT2D eigenvalue weighted by Crippen LogP contribution is 2.25. The number of nitrogens with zero attached hydrogens (tertiary/aromatic N) is 1. The zero-order valence-electron chi connectivity index (χ0n) is 10.1. The predicted molar refractivity (Wildman–Crippen MR) is 64.1 cm³/mol. The van der Waals surface area contributed by atoms with E-state index in [0.717, 1.165) is 17.8 Å². The summed E-state index contributed by atoms with van der Waals surface area (Å²) in [5.74, 6) is -1.89. The van der Waals surface area contributed by atoms with E-state index in [1.807, 2.05) is 6.92 Å². The van der Waals surface area contributed by atoms with E-state index in [-0.39, 0.29) is 0 Å². The van der Waals surface area contributed by atoms with Gasteiger partial charge in [-0.2, -0.15) is 0 Å². The van der Waals surface area contributed by atoms with Crippen LogP contribution in [0.2, 0.25) is 0 Å². The lowest BCUT2D eigenvalue weighted by Gasteiger charge is -2.14. The summed E-state index contributed by atoms with van der Waals surface area (Å²) in [5.41, 5.74) is 2.41. The molecule has 1 heterocycles. The molecule has 0 spiro atoms. The quantitative estimate of drug-likeness (QED) is 0.887. The van der Waals surface area contributed by atoms with Gasteiger partial charge in [0.25, 0.3) is 0 Å². The minimum atomic E-state index is -1.01. The highest BCUT2D eigenvalue weighted by molar-refractivity contribution is 5.33. The first-order valence-corrected chi connectivity index (χ1v) is 5.56. The Bertz CT molecular complexity index is 584. The molecule has 0 saturated heterocycles. The second kappa shape index (κ2) is 4.82. The number of aliphatic hydroxyl groups excluding tert-OH is 1. The van der Waals surface area contributed by atoms with Crippen LogP contribution in [0.1, 0.15) is 28.6 Å². The first-order chi connectivity index (χ1) is 8.49. The number of hydrogen-bond donors (Lipinski definition) is 1. The van der Waals surface area contributed by atoms with Crippen molar-refractivity contribution in [1.82, 2.24) is 4.98 Å². The van der Waals surface area contributed by atoms with Gasteiger partial charge in [-0.3, -0.25) is 4.98 Å². The van der Waals surface area contributed by atoms with Crippen LogP contribution in [0.15, 0.2) is 30.3 Å². The van der Waals surface area contributed by atoms with Crippen molar-refractivity contribution in [3.63, 3.8) is 0 Å². The van der Waals surface area contributed by atoms with Gasteiger partial charge in [0.2, 0.25) is 0 Å². The van der Waals surface area contributed by atoms with Gasteiger partial charge in [-0.25, -0.2) is 8.78 Å². The summed E-state index contributed by atoms with van der Waals surface area (Å²) in [6, 6.07) is 6.88. The molecule has 2 rings (SSSR count). The number of benzene rings is 1. The molecule has 0 aliphatic carbocycles. The van der Waals surface area contributed by atoms with Crippen molar-refractivity contribution in [2.45, 2.75) is 20.0 Å². The van der Waals surface area contributed by atoms with Crippen LogP contribution >= 0.6 is 0 Å². The predicted octanol–water partition coefficient (Wildman–Crippen LogP) is 3.06. The monoisotopic (exact) mass is 249 g/mol. The first-order valence-electron chi connectivity index (χ1n) is 5.56. The van der Waals surface area contributed by atoms with Gasteiger partial charge in [0.05, 0.1) is 0 Å². The summed E-state index contributed by atoms with van der Waals surface area (Å²) in [6.07, 6.45) is -1.01. The second-order valence-corrected chi connectivity index (χ2v) is 4.20. The van der Waals surface area contributed by atoms with E-state index in [1.165, 1.54) is 6.07 Å². The standard InChI is InChI=1S/C14H13F2NO/c1-8-3-5-11(9(2)17-8)14(18)10-4-6-12(15)13(16)7-10/h3-7,14,18H,1-2H3. The maximum absolute atomic E-state index is 13.1. The van der Waals surface area contributed by atoms with Gasteiger partial charge < -0.3 is 5.11 Å². The number of aliphatic hydroxyl groups is 1. The Balaban J connectivity index is 2.41. The molecule has 2 nitrogen and oxygen atoms in total. The summed E-state index contributed by atoms with van der Waals surface area (Å²) >= 11 is 0. The van der Waals surface area contributed by atoms with Gasteiger partial charge in [-0.15, -0.1) is 0 Å². The fourth-order valence-electron chi connectivity index (χ4n) is 1.85. The average Bonchev–Trinajstić information content (AvgIpc) is 2.32. The average molecular weight is 249 g/mol. The molecule has 0 radical (unpaired) electrons. The zero-order chi connectivity index (χ0) is 13.3. The van der Waals surface area contributed by atoms with Gasteiger partial charge in [0.15, 0.2) is 11.6 Å². The molecule has 0 amide bonds. The molecule has 1 unspecified atom stereocenters. The third-order valence-electron chi connectivity index (χ3n) is 2.82. The van der Waals surface area contributed by atoms with Crippen molar-refractivity contribution in [2.75, 3.05) is 0 Å². The van der Waals surface area contributed by atoms with Gasteiger partial charge in [-0.05, 0) is 37.6 Å². The van der Waals surface area contributed by atoms with Crippen molar-refractivity contribution in [3.8, 4) is 0 Å².